The van der Waals surface area contributed by atoms with Crippen molar-refractivity contribution < 1.29 is 9.21 Å². The summed E-state index contributed by atoms with van der Waals surface area (Å²) < 4.78 is 5.29. The number of nitrogens with two attached hydrogens (primary N) is 1. The van der Waals surface area contributed by atoms with Crippen molar-refractivity contribution in [3.63, 3.8) is 0 Å². The molecule has 21 heavy (non-hydrogen) atoms. The molecule has 2 atom stereocenters. The lowest BCUT2D eigenvalue weighted by atomic mass is 10.1. The Morgan fingerprint density at radius 3 is 2.76 bits per heavy atom. The van der Waals surface area contributed by atoms with Crippen molar-refractivity contribution in [2.45, 2.75) is 38.8 Å². The van der Waals surface area contributed by atoms with Crippen LogP contribution >= 0.6 is 0 Å². The van der Waals surface area contributed by atoms with Gasteiger partial charge in [0.05, 0.1) is 12.1 Å². The summed E-state index contributed by atoms with van der Waals surface area (Å²) in [5.41, 5.74) is 7.23. The summed E-state index contributed by atoms with van der Waals surface area (Å²) in [5, 5.41) is 2.89. The van der Waals surface area contributed by atoms with Crippen LogP contribution in [-0.4, -0.2) is 10.9 Å². The normalized spacial score (nSPS) is 13.7. The standard InChI is InChI=1S/C16H21N3O2/c1-3-7-13(17)16-19-14(10-21-16)15(20)18-11(2)12-8-5-4-6-9-12/h4-6,8-11,13H,3,7,17H2,1-2H3,(H,18,20). The van der Waals surface area contributed by atoms with E-state index in [1.165, 1.54) is 6.26 Å². The molecule has 0 aliphatic heterocycles. The molecule has 1 amide bonds. The molecule has 112 valence electrons. The Kier molecular flexibility index (Phi) is 5.11. The second-order valence-electron chi connectivity index (χ2n) is 5.07. The summed E-state index contributed by atoms with van der Waals surface area (Å²) in [6.07, 6.45) is 3.08. The zero-order valence-electron chi connectivity index (χ0n) is 12.4. The van der Waals surface area contributed by atoms with Crippen LogP contribution in [0.15, 0.2) is 41.0 Å². The first-order valence-corrected chi connectivity index (χ1v) is 7.18. The molecule has 0 spiro atoms. The minimum Gasteiger partial charge on any atom is -0.446 e. The number of nitrogens with one attached hydrogen (secondary N) is 1. The molecule has 1 aromatic carbocycles. The summed E-state index contributed by atoms with van der Waals surface area (Å²) in [4.78, 5) is 16.3. The first-order chi connectivity index (χ1) is 10.1. The predicted molar refractivity (Wildman–Crippen MR) is 80.7 cm³/mol. The largest absolute Gasteiger partial charge is 0.446 e. The number of hydrogen-bond acceptors (Lipinski definition) is 4. The average Bonchev–Trinajstić information content (AvgIpc) is 2.98. The van der Waals surface area contributed by atoms with Crippen LogP contribution in [0.1, 0.15) is 60.7 Å². The second-order valence-corrected chi connectivity index (χ2v) is 5.07. The van der Waals surface area contributed by atoms with E-state index in [0.29, 0.717) is 5.89 Å². The van der Waals surface area contributed by atoms with Crippen LogP contribution in [0.4, 0.5) is 0 Å². The third-order valence-electron chi connectivity index (χ3n) is 3.32. The van der Waals surface area contributed by atoms with Crippen LogP contribution < -0.4 is 11.1 Å². The third-order valence-corrected chi connectivity index (χ3v) is 3.32. The summed E-state index contributed by atoms with van der Waals surface area (Å²) in [7, 11) is 0. The Morgan fingerprint density at radius 2 is 2.10 bits per heavy atom. The SMILES string of the molecule is CCCC(N)c1nc(C(=O)NC(C)c2ccccc2)co1. The minimum absolute atomic E-state index is 0.0943. The lowest BCUT2D eigenvalue weighted by Gasteiger charge is -2.12. The lowest BCUT2D eigenvalue weighted by molar-refractivity contribution is 0.0935. The van der Waals surface area contributed by atoms with Gasteiger partial charge in [-0.15, -0.1) is 0 Å². The van der Waals surface area contributed by atoms with E-state index in [2.05, 4.69) is 10.3 Å². The van der Waals surface area contributed by atoms with Gasteiger partial charge in [-0.05, 0) is 18.9 Å². The molecule has 2 unspecified atom stereocenters. The van der Waals surface area contributed by atoms with Crippen molar-refractivity contribution in [3.05, 3.63) is 53.7 Å². The molecule has 1 aromatic heterocycles. The molecule has 0 saturated carbocycles. The number of carbonyl (C=O) groups is 1. The molecule has 0 aliphatic rings. The maximum atomic E-state index is 12.1. The number of oxazole rings is 1. The molecule has 5 heteroatoms. The highest BCUT2D eigenvalue weighted by Crippen LogP contribution is 2.16. The van der Waals surface area contributed by atoms with Gasteiger partial charge in [0, 0.05) is 0 Å². The fourth-order valence-corrected chi connectivity index (χ4v) is 2.09. The zero-order chi connectivity index (χ0) is 15.2. The molecule has 0 fully saturated rings. The van der Waals surface area contributed by atoms with E-state index in [0.717, 1.165) is 18.4 Å². The molecular weight excluding hydrogens is 266 g/mol. The summed E-state index contributed by atoms with van der Waals surface area (Å²) >= 11 is 0. The van der Waals surface area contributed by atoms with Crippen LogP contribution in [0, 0.1) is 0 Å². The van der Waals surface area contributed by atoms with Crippen LogP contribution in [-0.2, 0) is 0 Å². The van der Waals surface area contributed by atoms with Crippen molar-refractivity contribution in [1.29, 1.82) is 0 Å². The van der Waals surface area contributed by atoms with E-state index in [1.54, 1.807) is 0 Å². The number of carbonyl (C=O) groups excluding carboxylic acids is 1. The van der Waals surface area contributed by atoms with Crippen molar-refractivity contribution >= 4 is 5.91 Å². The van der Waals surface area contributed by atoms with Crippen molar-refractivity contribution in [2.75, 3.05) is 0 Å². The quantitative estimate of drug-likeness (QED) is 0.855. The van der Waals surface area contributed by atoms with Crippen LogP contribution in [0.5, 0.6) is 0 Å². The van der Waals surface area contributed by atoms with Gasteiger partial charge in [0.25, 0.3) is 5.91 Å². The summed E-state index contributed by atoms with van der Waals surface area (Å²) in [6, 6.07) is 9.40. The molecule has 5 nitrogen and oxygen atoms in total. The first kappa shape index (κ1) is 15.3. The van der Waals surface area contributed by atoms with Gasteiger partial charge in [-0.3, -0.25) is 4.79 Å². The van der Waals surface area contributed by atoms with E-state index in [1.807, 2.05) is 44.2 Å². The second kappa shape index (κ2) is 7.04. The zero-order valence-corrected chi connectivity index (χ0v) is 12.4. The highest BCUT2D eigenvalue weighted by atomic mass is 16.3. The molecule has 0 saturated heterocycles. The van der Waals surface area contributed by atoms with Crippen molar-refractivity contribution in [2.24, 2.45) is 5.73 Å². The highest BCUT2D eigenvalue weighted by Gasteiger charge is 2.18. The summed E-state index contributed by atoms with van der Waals surface area (Å²) in [5.74, 6) is 0.152. The van der Waals surface area contributed by atoms with Gasteiger partial charge in [0.1, 0.15) is 6.26 Å². The lowest BCUT2D eigenvalue weighted by Crippen LogP contribution is -2.27. The van der Waals surface area contributed by atoms with E-state index in [9.17, 15) is 4.79 Å². The van der Waals surface area contributed by atoms with Crippen molar-refractivity contribution in [3.8, 4) is 0 Å². The van der Waals surface area contributed by atoms with Gasteiger partial charge in [-0.1, -0.05) is 43.7 Å². The molecule has 2 rings (SSSR count). The van der Waals surface area contributed by atoms with Crippen LogP contribution in [0.2, 0.25) is 0 Å². The fraction of sp³-hybridized carbons (Fsp3) is 0.375. The van der Waals surface area contributed by atoms with Gasteiger partial charge in [0.2, 0.25) is 5.89 Å². The Balaban J connectivity index is 2.01. The smallest absolute Gasteiger partial charge is 0.273 e. The predicted octanol–water partition coefficient (Wildman–Crippen LogP) is 2.97. The van der Waals surface area contributed by atoms with Crippen molar-refractivity contribution in [1.82, 2.24) is 10.3 Å². The molecule has 0 bridgehead atoms. The number of rotatable bonds is 6. The first-order valence-electron chi connectivity index (χ1n) is 7.18. The highest BCUT2D eigenvalue weighted by molar-refractivity contribution is 5.92. The average molecular weight is 287 g/mol. The van der Waals surface area contributed by atoms with Gasteiger partial charge in [-0.2, -0.15) is 0 Å². The number of benzene rings is 1. The van der Waals surface area contributed by atoms with Gasteiger partial charge < -0.3 is 15.5 Å². The van der Waals surface area contributed by atoms with Crippen LogP contribution in [0.25, 0.3) is 0 Å². The Labute approximate surface area is 124 Å². The molecule has 3 N–H and O–H groups in total. The van der Waals surface area contributed by atoms with Gasteiger partial charge in [-0.25, -0.2) is 4.98 Å². The topological polar surface area (TPSA) is 81.1 Å². The maximum Gasteiger partial charge on any atom is 0.273 e. The third kappa shape index (κ3) is 3.92. The van der Waals surface area contributed by atoms with E-state index in [4.69, 9.17) is 10.2 Å². The Morgan fingerprint density at radius 1 is 1.38 bits per heavy atom. The minimum atomic E-state index is -0.261. The number of nitrogens with zero attached hydrogens (tertiary/aromatic N) is 1. The molecule has 0 aliphatic carbocycles. The Hall–Kier alpha value is -2.14. The number of aromatic nitrogens is 1. The molecule has 2 aromatic rings. The monoisotopic (exact) mass is 287 g/mol. The Bertz CT molecular complexity index is 580. The molecule has 0 radical (unpaired) electrons. The van der Waals surface area contributed by atoms with Gasteiger partial charge >= 0.3 is 0 Å². The maximum absolute atomic E-state index is 12.1. The van der Waals surface area contributed by atoms with Crippen LogP contribution in [0.3, 0.4) is 0 Å². The van der Waals surface area contributed by atoms with E-state index in [-0.39, 0.29) is 23.7 Å². The molecular formula is C16H21N3O2. The number of hydrogen-bond donors (Lipinski definition) is 2. The van der Waals surface area contributed by atoms with Gasteiger partial charge in [0.15, 0.2) is 5.69 Å². The molecule has 1 heterocycles. The van der Waals surface area contributed by atoms with E-state index >= 15 is 0 Å². The summed E-state index contributed by atoms with van der Waals surface area (Å²) in [6.45, 7) is 3.97. The number of amides is 1. The fourth-order valence-electron chi connectivity index (χ4n) is 2.09. The van der Waals surface area contributed by atoms with E-state index < -0.39 is 0 Å².